The van der Waals surface area contributed by atoms with Crippen molar-refractivity contribution in [3.63, 3.8) is 0 Å². The van der Waals surface area contributed by atoms with Gasteiger partial charge in [0.05, 0.1) is 30.2 Å². The SMILES string of the molecule is Cc1nc(COC[C@]23CCC[C@H]2CN(C(=O)c2ccco2)C3)cs1. The standard InChI is InChI=1S/C18H22N2O3S/c1-13-19-15(10-24-13)9-22-12-18-6-2-4-14(18)8-20(11-18)17(21)16-5-3-7-23-16/h3,5,7,10,14H,2,4,6,8-9,11-12H2,1H3/t14-,18+/m0/s1. The molecule has 1 aliphatic carbocycles. The molecular weight excluding hydrogens is 324 g/mol. The number of aromatic nitrogens is 1. The van der Waals surface area contributed by atoms with Gasteiger partial charge in [0, 0.05) is 23.9 Å². The van der Waals surface area contributed by atoms with Gasteiger partial charge in [0.25, 0.3) is 5.91 Å². The zero-order valence-corrected chi connectivity index (χ0v) is 14.7. The van der Waals surface area contributed by atoms with Crippen molar-refractivity contribution in [1.82, 2.24) is 9.88 Å². The predicted molar refractivity (Wildman–Crippen MR) is 90.9 cm³/mol. The van der Waals surface area contributed by atoms with Gasteiger partial charge in [-0.05, 0) is 37.8 Å². The number of carbonyl (C=O) groups is 1. The minimum Gasteiger partial charge on any atom is -0.459 e. The predicted octanol–water partition coefficient (Wildman–Crippen LogP) is 3.50. The number of rotatable bonds is 5. The molecule has 4 rings (SSSR count). The molecular formula is C18H22N2O3S. The van der Waals surface area contributed by atoms with Gasteiger partial charge in [-0.15, -0.1) is 11.3 Å². The van der Waals surface area contributed by atoms with Gasteiger partial charge < -0.3 is 14.1 Å². The van der Waals surface area contributed by atoms with Crippen molar-refractivity contribution in [3.05, 3.63) is 40.2 Å². The number of carbonyl (C=O) groups excluding carboxylic acids is 1. The van der Waals surface area contributed by atoms with Gasteiger partial charge in [0.2, 0.25) is 0 Å². The van der Waals surface area contributed by atoms with E-state index in [4.69, 9.17) is 9.15 Å². The van der Waals surface area contributed by atoms with Crippen molar-refractivity contribution in [2.45, 2.75) is 32.8 Å². The van der Waals surface area contributed by atoms with E-state index in [1.54, 1.807) is 29.7 Å². The van der Waals surface area contributed by atoms with E-state index in [0.717, 1.165) is 30.2 Å². The Labute approximate surface area is 145 Å². The molecule has 2 aliphatic rings. The minimum absolute atomic E-state index is 0.00361. The molecule has 0 bridgehead atoms. The summed E-state index contributed by atoms with van der Waals surface area (Å²) in [5.41, 5.74) is 1.11. The van der Waals surface area contributed by atoms with Crippen LogP contribution in [0.4, 0.5) is 0 Å². The summed E-state index contributed by atoms with van der Waals surface area (Å²) in [6.45, 7) is 4.86. The molecule has 2 atom stereocenters. The molecule has 2 fully saturated rings. The van der Waals surface area contributed by atoms with E-state index in [1.807, 2.05) is 11.8 Å². The van der Waals surface area contributed by atoms with Gasteiger partial charge in [-0.2, -0.15) is 0 Å². The Kier molecular flexibility index (Phi) is 4.18. The van der Waals surface area contributed by atoms with Crippen molar-refractivity contribution in [1.29, 1.82) is 0 Å². The van der Waals surface area contributed by atoms with Gasteiger partial charge in [-0.1, -0.05) is 6.42 Å². The highest BCUT2D eigenvalue weighted by atomic mass is 32.1. The van der Waals surface area contributed by atoms with Gasteiger partial charge in [0.15, 0.2) is 5.76 Å². The molecule has 0 spiro atoms. The largest absolute Gasteiger partial charge is 0.459 e. The lowest BCUT2D eigenvalue weighted by molar-refractivity contribution is 0.0251. The molecule has 2 aromatic rings. The highest BCUT2D eigenvalue weighted by Gasteiger charge is 2.51. The van der Waals surface area contributed by atoms with Crippen LogP contribution in [0.5, 0.6) is 0 Å². The second-order valence-corrected chi connectivity index (χ2v) is 8.03. The highest BCUT2D eigenvalue weighted by molar-refractivity contribution is 7.09. The summed E-state index contributed by atoms with van der Waals surface area (Å²) in [6.07, 6.45) is 5.10. The first-order chi connectivity index (χ1) is 11.7. The summed E-state index contributed by atoms with van der Waals surface area (Å²) in [5, 5.41) is 3.13. The van der Waals surface area contributed by atoms with Crippen LogP contribution in [0.1, 0.15) is 40.5 Å². The third-order valence-electron chi connectivity index (χ3n) is 5.37. The Hall–Kier alpha value is -1.66. The molecule has 1 saturated heterocycles. The van der Waals surface area contributed by atoms with Crippen molar-refractivity contribution < 1.29 is 13.9 Å². The highest BCUT2D eigenvalue weighted by Crippen LogP contribution is 2.49. The molecule has 0 aromatic carbocycles. The number of furan rings is 1. The molecule has 0 N–H and O–H groups in total. The first-order valence-electron chi connectivity index (χ1n) is 8.48. The monoisotopic (exact) mass is 346 g/mol. The summed E-state index contributed by atoms with van der Waals surface area (Å²) in [6, 6.07) is 3.50. The third kappa shape index (κ3) is 2.89. The lowest BCUT2D eigenvalue weighted by Crippen LogP contribution is -2.34. The van der Waals surface area contributed by atoms with E-state index in [2.05, 4.69) is 10.4 Å². The average molecular weight is 346 g/mol. The first kappa shape index (κ1) is 15.8. The molecule has 128 valence electrons. The van der Waals surface area contributed by atoms with Crippen LogP contribution in [0.25, 0.3) is 0 Å². The van der Waals surface area contributed by atoms with Crippen molar-refractivity contribution >= 4 is 17.2 Å². The van der Waals surface area contributed by atoms with Crippen molar-refractivity contribution in [3.8, 4) is 0 Å². The van der Waals surface area contributed by atoms with Crippen LogP contribution in [-0.2, 0) is 11.3 Å². The Morgan fingerprint density at radius 1 is 1.58 bits per heavy atom. The molecule has 1 aliphatic heterocycles. The Morgan fingerprint density at radius 3 is 3.25 bits per heavy atom. The number of ether oxygens (including phenoxy) is 1. The smallest absolute Gasteiger partial charge is 0.289 e. The summed E-state index contributed by atoms with van der Waals surface area (Å²) in [4.78, 5) is 19.0. The van der Waals surface area contributed by atoms with Crippen LogP contribution in [0.15, 0.2) is 28.2 Å². The van der Waals surface area contributed by atoms with Crippen LogP contribution in [0, 0.1) is 18.3 Å². The van der Waals surface area contributed by atoms with Crippen molar-refractivity contribution in [2.75, 3.05) is 19.7 Å². The maximum absolute atomic E-state index is 12.6. The zero-order valence-electron chi connectivity index (χ0n) is 13.9. The molecule has 1 amide bonds. The van der Waals surface area contributed by atoms with E-state index in [-0.39, 0.29) is 11.3 Å². The molecule has 0 unspecified atom stereocenters. The molecule has 5 nitrogen and oxygen atoms in total. The Morgan fingerprint density at radius 2 is 2.50 bits per heavy atom. The maximum atomic E-state index is 12.6. The van der Waals surface area contributed by atoms with Gasteiger partial charge in [0.1, 0.15) is 0 Å². The van der Waals surface area contributed by atoms with E-state index in [9.17, 15) is 4.79 Å². The first-order valence-corrected chi connectivity index (χ1v) is 9.36. The average Bonchev–Trinajstić information content (AvgIpc) is 3.29. The van der Waals surface area contributed by atoms with E-state index < -0.39 is 0 Å². The number of amides is 1. The zero-order chi connectivity index (χ0) is 16.6. The van der Waals surface area contributed by atoms with Crippen LogP contribution >= 0.6 is 11.3 Å². The number of hydrogen-bond donors (Lipinski definition) is 0. The summed E-state index contributed by atoms with van der Waals surface area (Å²) in [7, 11) is 0. The second-order valence-electron chi connectivity index (χ2n) is 6.97. The van der Waals surface area contributed by atoms with Gasteiger partial charge in [-0.25, -0.2) is 4.98 Å². The summed E-state index contributed by atoms with van der Waals surface area (Å²) < 4.78 is 11.3. The van der Waals surface area contributed by atoms with Crippen LogP contribution in [0.2, 0.25) is 0 Å². The molecule has 24 heavy (non-hydrogen) atoms. The lowest BCUT2D eigenvalue weighted by atomic mass is 9.81. The van der Waals surface area contributed by atoms with Gasteiger partial charge >= 0.3 is 0 Å². The Balaban J connectivity index is 1.40. The lowest BCUT2D eigenvalue weighted by Gasteiger charge is -2.28. The fourth-order valence-corrected chi connectivity index (χ4v) is 4.79. The van der Waals surface area contributed by atoms with E-state index >= 15 is 0 Å². The van der Waals surface area contributed by atoms with Crippen molar-refractivity contribution in [2.24, 2.45) is 11.3 Å². The fourth-order valence-electron chi connectivity index (χ4n) is 4.19. The molecule has 2 aromatic heterocycles. The second kappa shape index (κ2) is 6.33. The van der Waals surface area contributed by atoms with Crippen LogP contribution < -0.4 is 0 Å². The van der Waals surface area contributed by atoms with Crippen LogP contribution in [-0.4, -0.2) is 35.5 Å². The topological polar surface area (TPSA) is 55.6 Å². The molecule has 0 radical (unpaired) electrons. The van der Waals surface area contributed by atoms with E-state index in [0.29, 0.717) is 24.9 Å². The fraction of sp³-hybridized carbons (Fsp3) is 0.556. The summed E-state index contributed by atoms with van der Waals surface area (Å²) >= 11 is 1.65. The molecule has 1 saturated carbocycles. The number of likely N-dealkylation sites (tertiary alicyclic amines) is 1. The normalized spacial score (nSPS) is 26.0. The number of fused-ring (bicyclic) bond motifs is 1. The van der Waals surface area contributed by atoms with Crippen LogP contribution in [0.3, 0.4) is 0 Å². The summed E-state index contributed by atoms with van der Waals surface area (Å²) in [5.74, 6) is 0.974. The minimum atomic E-state index is 0.00361. The number of thiazole rings is 1. The maximum Gasteiger partial charge on any atom is 0.289 e. The quantitative estimate of drug-likeness (QED) is 0.831. The Bertz CT molecular complexity index is 712. The number of aryl methyl sites for hydroxylation is 1. The molecule has 6 heteroatoms. The number of hydrogen-bond acceptors (Lipinski definition) is 5. The van der Waals surface area contributed by atoms with Gasteiger partial charge in [-0.3, -0.25) is 4.79 Å². The number of nitrogens with zero attached hydrogens (tertiary/aromatic N) is 2. The third-order valence-corrected chi connectivity index (χ3v) is 6.19. The molecule has 3 heterocycles. The van der Waals surface area contributed by atoms with E-state index in [1.165, 1.54) is 12.8 Å².